The van der Waals surface area contributed by atoms with Crippen molar-refractivity contribution in [1.29, 1.82) is 0 Å². The molecule has 1 aromatic heterocycles. The predicted octanol–water partition coefficient (Wildman–Crippen LogP) is 3.49. The molecule has 0 saturated carbocycles. The van der Waals surface area contributed by atoms with E-state index in [1.165, 1.54) is 16.9 Å². The van der Waals surface area contributed by atoms with Crippen molar-refractivity contribution in [3.05, 3.63) is 40.9 Å². The number of aromatic nitrogens is 1. The molecule has 1 aliphatic rings. The van der Waals surface area contributed by atoms with Gasteiger partial charge < -0.3 is 10.6 Å². The number of anilines is 2. The van der Waals surface area contributed by atoms with Crippen LogP contribution in [0.1, 0.15) is 31.0 Å². The van der Waals surface area contributed by atoms with Gasteiger partial charge in [-0.3, -0.25) is 4.79 Å². The van der Waals surface area contributed by atoms with Crippen LogP contribution in [0.15, 0.2) is 29.6 Å². The van der Waals surface area contributed by atoms with Crippen molar-refractivity contribution in [3.63, 3.8) is 0 Å². The summed E-state index contributed by atoms with van der Waals surface area (Å²) >= 11 is 1.49. The second-order valence-corrected chi connectivity index (χ2v) is 6.52. The normalized spacial score (nSPS) is 17.2. The van der Waals surface area contributed by atoms with E-state index in [4.69, 9.17) is 0 Å². The summed E-state index contributed by atoms with van der Waals surface area (Å²) in [5.74, 6) is 0.378. The fourth-order valence-corrected chi connectivity index (χ4v) is 3.32. The highest BCUT2D eigenvalue weighted by molar-refractivity contribution is 7.13. The van der Waals surface area contributed by atoms with E-state index in [9.17, 15) is 4.79 Å². The summed E-state index contributed by atoms with van der Waals surface area (Å²) in [4.78, 5) is 16.8. The summed E-state index contributed by atoms with van der Waals surface area (Å²) in [6.07, 6.45) is 0.775. The van der Waals surface area contributed by atoms with Crippen molar-refractivity contribution in [2.75, 3.05) is 17.2 Å². The minimum Gasteiger partial charge on any atom is -0.384 e. The summed E-state index contributed by atoms with van der Waals surface area (Å²) in [5.41, 5.74) is 3.37. The monoisotopic (exact) mass is 301 g/mol. The number of carbonyl (C=O) groups excluding carboxylic acids is 1. The standard InChI is InChI=1S/C16H19N3OS/c1-10(2)14-9-21-16(18-14)19-15(20)12-7-11-5-3-4-6-13(11)17-8-12/h3-6,9-10,12,17H,7-8H2,1-2H3,(H,18,19,20). The zero-order chi connectivity index (χ0) is 14.8. The number of amides is 1. The molecule has 21 heavy (non-hydrogen) atoms. The highest BCUT2D eigenvalue weighted by atomic mass is 32.1. The quantitative estimate of drug-likeness (QED) is 0.912. The van der Waals surface area contributed by atoms with E-state index in [0.717, 1.165) is 17.8 Å². The number of rotatable bonds is 3. The molecule has 1 unspecified atom stereocenters. The number of nitrogens with one attached hydrogen (secondary N) is 2. The van der Waals surface area contributed by atoms with Crippen LogP contribution >= 0.6 is 11.3 Å². The van der Waals surface area contributed by atoms with E-state index in [1.54, 1.807) is 0 Å². The largest absolute Gasteiger partial charge is 0.384 e. The van der Waals surface area contributed by atoms with Crippen LogP contribution < -0.4 is 10.6 Å². The SMILES string of the molecule is CC(C)c1csc(NC(=O)C2CNc3ccccc3C2)n1. The van der Waals surface area contributed by atoms with E-state index in [1.807, 2.05) is 17.5 Å². The molecule has 0 aliphatic carbocycles. The molecule has 1 atom stereocenters. The molecule has 2 heterocycles. The number of carbonyl (C=O) groups is 1. The van der Waals surface area contributed by atoms with Crippen LogP contribution in [0.3, 0.4) is 0 Å². The van der Waals surface area contributed by atoms with Crippen molar-refractivity contribution < 1.29 is 4.79 Å². The molecule has 5 heteroatoms. The number of hydrogen-bond acceptors (Lipinski definition) is 4. The first kappa shape index (κ1) is 14.1. The van der Waals surface area contributed by atoms with Gasteiger partial charge in [-0.25, -0.2) is 4.98 Å². The summed E-state index contributed by atoms with van der Waals surface area (Å²) < 4.78 is 0. The van der Waals surface area contributed by atoms with Crippen LogP contribution in [0.25, 0.3) is 0 Å². The van der Waals surface area contributed by atoms with Crippen molar-refractivity contribution in [2.24, 2.45) is 5.92 Å². The maximum absolute atomic E-state index is 12.4. The highest BCUT2D eigenvalue weighted by Crippen LogP contribution is 2.26. The van der Waals surface area contributed by atoms with Crippen molar-refractivity contribution in [2.45, 2.75) is 26.2 Å². The number of fused-ring (bicyclic) bond motifs is 1. The summed E-state index contributed by atoms with van der Waals surface area (Å²) in [5, 5.41) is 8.98. The smallest absolute Gasteiger partial charge is 0.231 e. The lowest BCUT2D eigenvalue weighted by molar-refractivity contribution is -0.119. The summed E-state index contributed by atoms with van der Waals surface area (Å²) in [6, 6.07) is 8.15. The molecule has 2 N–H and O–H groups in total. The fourth-order valence-electron chi connectivity index (χ4n) is 2.44. The van der Waals surface area contributed by atoms with Crippen LogP contribution in [0, 0.1) is 5.92 Å². The zero-order valence-electron chi connectivity index (χ0n) is 12.2. The fraction of sp³-hybridized carbons (Fsp3) is 0.375. The molecule has 1 aliphatic heterocycles. The van der Waals surface area contributed by atoms with Crippen molar-refractivity contribution in [1.82, 2.24) is 4.98 Å². The first-order valence-corrected chi connectivity index (χ1v) is 8.09. The highest BCUT2D eigenvalue weighted by Gasteiger charge is 2.24. The third kappa shape index (κ3) is 3.08. The van der Waals surface area contributed by atoms with E-state index in [2.05, 4.69) is 41.6 Å². The van der Waals surface area contributed by atoms with E-state index in [-0.39, 0.29) is 11.8 Å². The van der Waals surface area contributed by atoms with Gasteiger partial charge in [0.05, 0.1) is 11.6 Å². The molecular weight excluding hydrogens is 282 g/mol. The van der Waals surface area contributed by atoms with Gasteiger partial charge in [0.1, 0.15) is 0 Å². The molecule has 3 rings (SSSR count). The summed E-state index contributed by atoms with van der Waals surface area (Å²) in [7, 11) is 0. The summed E-state index contributed by atoms with van der Waals surface area (Å²) in [6.45, 7) is 4.87. The zero-order valence-corrected chi connectivity index (χ0v) is 13.0. The number of thiazole rings is 1. The van der Waals surface area contributed by atoms with E-state index < -0.39 is 0 Å². The Morgan fingerprint density at radius 2 is 2.24 bits per heavy atom. The Morgan fingerprint density at radius 3 is 3.00 bits per heavy atom. The maximum atomic E-state index is 12.4. The number of nitrogens with zero attached hydrogens (tertiary/aromatic N) is 1. The van der Waals surface area contributed by atoms with Gasteiger partial charge in [-0.1, -0.05) is 32.0 Å². The molecule has 0 saturated heterocycles. The molecule has 4 nitrogen and oxygen atoms in total. The van der Waals surface area contributed by atoms with Crippen LogP contribution in [0.2, 0.25) is 0 Å². The Kier molecular flexibility index (Phi) is 3.92. The molecular formula is C16H19N3OS. The van der Waals surface area contributed by atoms with Gasteiger partial charge in [0.15, 0.2) is 5.13 Å². The first-order chi connectivity index (χ1) is 10.1. The third-order valence-corrected chi connectivity index (χ3v) is 4.51. The van der Waals surface area contributed by atoms with Crippen LogP contribution in [-0.2, 0) is 11.2 Å². The first-order valence-electron chi connectivity index (χ1n) is 7.21. The van der Waals surface area contributed by atoms with Gasteiger partial charge in [0.25, 0.3) is 0 Å². The predicted molar refractivity (Wildman–Crippen MR) is 87.0 cm³/mol. The topological polar surface area (TPSA) is 54.0 Å². The Hall–Kier alpha value is -1.88. The third-order valence-electron chi connectivity index (χ3n) is 3.74. The number of hydrogen-bond donors (Lipinski definition) is 2. The lowest BCUT2D eigenvalue weighted by Gasteiger charge is -2.24. The average molecular weight is 301 g/mol. The van der Waals surface area contributed by atoms with Crippen LogP contribution in [0.5, 0.6) is 0 Å². The minimum atomic E-state index is -0.0497. The Balaban J connectivity index is 1.66. The van der Waals surface area contributed by atoms with Crippen LogP contribution in [-0.4, -0.2) is 17.4 Å². The molecule has 0 radical (unpaired) electrons. The van der Waals surface area contributed by atoms with Gasteiger partial charge in [-0.2, -0.15) is 0 Å². The van der Waals surface area contributed by atoms with Crippen molar-refractivity contribution in [3.8, 4) is 0 Å². The minimum absolute atomic E-state index is 0.0432. The van der Waals surface area contributed by atoms with Gasteiger partial charge in [-0.15, -0.1) is 11.3 Å². The molecule has 0 fully saturated rings. The average Bonchev–Trinajstić information content (AvgIpc) is 2.95. The Morgan fingerprint density at radius 1 is 1.43 bits per heavy atom. The molecule has 2 aromatic rings. The van der Waals surface area contributed by atoms with Gasteiger partial charge in [0, 0.05) is 17.6 Å². The molecule has 0 bridgehead atoms. The van der Waals surface area contributed by atoms with Crippen LogP contribution in [0.4, 0.5) is 10.8 Å². The van der Waals surface area contributed by atoms with Gasteiger partial charge >= 0.3 is 0 Å². The lowest BCUT2D eigenvalue weighted by atomic mass is 9.93. The second-order valence-electron chi connectivity index (χ2n) is 5.66. The number of benzene rings is 1. The molecule has 1 aromatic carbocycles. The Bertz CT molecular complexity index is 650. The molecule has 0 spiro atoms. The molecule has 1 amide bonds. The van der Waals surface area contributed by atoms with E-state index >= 15 is 0 Å². The molecule has 110 valence electrons. The number of para-hydroxylation sites is 1. The Labute approximate surface area is 128 Å². The maximum Gasteiger partial charge on any atom is 0.231 e. The van der Waals surface area contributed by atoms with Gasteiger partial charge in [0.2, 0.25) is 5.91 Å². The van der Waals surface area contributed by atoms with Gasteiger partial charge in [-0.05, 0) is 24.0 Å². The van der Waals surface area contributed by atoms with E-state index in [0.29, 0.717) is 17.6 Å². The lowest BCUT2D eigenvalue weighted by Crippen LogP contribution is -2.33. The second kappa shape index (κ2) is 5.85. The van der Waals surface area contributed by atoms with Crippen molar-refractivity contribution >= 4 is 28.1 Å².